The third kappa shape index (κ3) is 2.39. The summed E-state index contributed by atoms with van der Waals surface area (Å²) in [6.45, 7) is 3.92. The normalized spacial score (nSPS) is 22.3. The molecule has 1 aromatic heterocycles. The number of aryl methyl sites for hydroxylation is 1. The van der Waals surface area contributed by atoms with Crippen molar-refractivity contribution in [1.29, 1.82) is 0 Å². The molecule has 0 aliphatic heterocycles. The van der Waals surface area contributed by atoms with Crippen LogP contribution in [0.1, 0.15) is 53.4 Å². The zero-order chi connectivity index (χ0) is 13.3. The number of hydrogen-bond donors (Lipinski definition) is 2. The van der Waals surface area contributed by atoms with E-state index in [0.29, 0.717) is 18.1 Å². The van der Waals surface area contributed by atoms with Crippen molar-refractivity contribution >= 4 is 11.9 Å². The van der Waals surface area contributed by atoms with Gasteiger partial charge in [0.25, 0.3) is 5.91 Å². The molecule has 0 radical (unpaired) electrons. The van der Waals surface area contributed by atoms with Crippen LogP contribution in [0.5, 0.6) is 0 Å². The molecule has 5 heteroatoms. The van der Waals surface area contributed by atoms with Crippen molar-refractivity contribution in [1.82, 2.24) is 5.32 Å². The average Bonchev–Trinajstić information content (AvgIpc) is 2.70. The summed E-state index contributed by atoms with van der Waals surface area (Å²) in [7, 11) is 0. The molecule has 0 spiro atoms. The van der Waals surface area contributed by atoms with E-state index in [1.54, 1.807) is 6.92 Å². The lowest BCUT2D eigenvalue weighted by molar-refractivity contribution is 0.0694. The molecule has 5 nitrogen and oxygen atoms in total. The number of carbonyl (C=O) groups excluding carboxylic acids is 1. The minimum atomic E-state index is -1.06. The minimum absolute atomic E-state index is 0.0737. The van der Waals surface area contributed by atoms with Gasteiger partial charge in [-0.15, -0.1) is 0 Å². The first-order valence-corrected chi connectivity index (χ1v) is 6.18. The Morgan fingerprint density at radius 3 is 2.61 bits per heavy atom. The lowest BCUT2D eigenvalue weighted by Gasteiger charge is -2.32. The van der Waals surface area contributed by atoms with E-state index in [-0.39, 0.29) is 23.3 Å². The van der Waals surface area contributed by atoms with Gasteiger partial charge in [0.05, 0.1) is 0 Å². The van der Waals surface area contributed by atoms with Crippen LogP contribution in [0.4, 0.5) is 0 Å². The summed E-state index contributed by atoms with van der Waals surface area (Å²) in [5.41, 5.74) is 0.0737. The number of nitrogens with one attached hydrogen (secondary N) is 1. The molecule has 18 heavy (non-hydrogen) atoms. The first-order chi connectivity index (χ1) is 8.51. The molecule has 1 amide bonds. The van der Waals surface area contributed by atoms with Crippen LogP contribution in [0.2, 0.25) is 0 Å². The summed E-state index contributed by atoms with van der Waals surface area (Å²) in [5, 5.41) is 11.8. The molecule has 1 aliphatic rings. The van der Waals surface area contributed by atoms with Gasteiger partial charge in [0.15, 0.2) is 5.76 Å². The van der Waals surface area contributed by atoms with Crippen LogP contribution in [0.3, 0.4) is 0 Å². The fourth-order valence-corrected chi connectivity index (χ4v) is 2.26. The molecule has 0 bridgehead atoms. The van der Waals surface area contributed by atoms with Gasteiger partial charge in [-0.05, 0) is 18.8 Å². The van der Waals surface area contributed by atoms with Crippen LogP contribution in [0.15, 0.2) is 10.5 Å². The molecule has 2 rings (SSSR count). The van der Waals surface area contributed by atoms with Gasteiger partial charge in [-0.1, -0.05) is 13.8 Å². The van der Waals surface area contributed by atoms with Crippen molar-refractivity contribution < 1.29 is 19.1 Å². The van der Waals surface area contributed by atoms with Crippen LogP contribution in [0.25, 0.3) is 0 Å². The van der Waals surface area contributed by atoms with Crippen LogP contribution < -0.4 is 5.32 Å². The van der Waals surface area contributed by atoms with E-state index in [2.05, 4.69) is 12.2 Å². The van der Waals surface area contributed by atoms with Gasteiger partial charge in [0, 0.05) is 18.5 Å². The van der Waals surface area contributed by atoms with Gasteiger partial charge in [0.2, 0.25) is 0 Å². The highest BCUT2D eigenvalue weighted by molar-refractivity contribution is 5.96. The SMILES string of the molecule is CCc1oc(C(=O)NC2CC(C)C2)cc1C(=O)O. The number of aromatic carboxylic acids is 1. The van der Waals surface area contributed by atoms with E-state index in [1.807, 2.05) is 0 Å². The van der Waals surface area contributed by atoms with Crippen molar-refractivity contribution in [3.05, 3.63) is 23.2 Å². The second-order valence-electron chi connectivity index (χ2n) is 4.85. The summed E-state index contributed by atoms with van der Waals surface area (Å²) in [4.78, 5) is 22.8. The van der Waals surface area contributed by atoms with Crippen molar-refractivity contribution in [2.75, 3.05) is 0 Å². The molecule has 1 fully saturated rings. The van der Waals surface area contributed by atoms with Gasteiger partial charge >= 0.3 is 5.97 Å². The second kappa shape index (κ2) is 4.84. The molecular formula is C13H17NO4. The molecule has 98 valence electrons. The Morgan fingerprint density at radius 2 is 2.17 bits per heavy atom. The van der Waals surface area contributed by atoms with E-state index in [0.717, 1.165) is 12.8 Å². The fraction of sp³-hybridized carbons (Fsp3) is 0.538. The Bertz CT molecular complexity index is 471. The monoisotopic (exact) mass is 251 g/mol. The summed E-state index contributed by atoms with van der Waals surface area (Å²) < 4.78 is 5.29. The van der Waals surface area contributed by atoms with Gasteiger partial charge < -0.3 is 14.8 Å². The number of rotatable bonds is 4. The molecule has 0 atom stereocenters. The molecule has 0 unspecified atom stereocenters. The fourth-order valence-electron chi connectivity index (χ4n) is 2.26. The zero-order valence-corrected chi connectivity index (χ0v) is 10.5. The topological polar surface area (TPSA) is 79.5 Å². The summed E-state index contributed by atoms with van der Waals surface area (Å²) in [5.74, 6) is -0.313. The predicted octanol–water partition coefficient (Wildman–Crippen LogP) is 2.07. The van der Waals surface area contributed by atoms with E-state index in [1.165, 1.54) is 6.07 Å². The lowest BCUT2D eigenvalue weighted by Crippen LogP contribution is -2.43. The highest BCUT2D eigenvalue weighted by Gasteiger charge is 2.28. The van der Waals surface area contributed by atoms with Crippen LogP contribution >= 0.6 is 0 Å². The first kappa shape index (κ1) is 12.7. The van der Waals surface area contributed by atoms with Gasteiger partial charge in [-0.25, -0.2) is 4.79 Å². The summed E-state index contributed by atoms with van der Waals surface area (Å²) in [6.07, 6.45) is 2.40. The highest BCUT2D eigenvalue weighted by atomic mass is 16.4. The molecule has 2 N–H and O–H groups in total. The summed E-state index contributed by atoms with van der Waals surface area (Å²) in [6, 6.07) is 1.49. The van der Waals surface area contributed by atoms with Gasteiger partial charge in [-0.3, -0.25) is 4.79 Å². The maximum Gasteiger partial charge on any atom is 0.339 e. The van der Waals surface area contributed by atoms with Gasteiger partial charge in [-0.2, -0.15) is 0 Å². The zero-order valence-electron chi connectivity index (χ0n) is 10.5. The Kier molecular flexibility index (Phi) is 3.41. The largest absolute Gasteiger partial charge is 0.478 e. The third-order valence-electron chi connectivity index (χ3n) is 3.29. The molecule has 1 saturated carbocycles. The molecule has 0 saturated heterocycles. The van der Waals surface area contributed by atoms with Crippen molar-refractivity contribution in [2.24, 2.45) is 5.92 Å². The van der Waals surface area contributed by atoms with Gasteiger partial charge in [0.1, 0.15) is 11.3 Å². The maximum atomic E-state index is 11.9. The van der Waals surface area contributed by atoms with Crippen molar-refractivity contribution in [2.45, 2.75) is 39.2 Å². The number of furan rings is 1. The second-order valence-corrected chi connectivity index (χ2v) is 4.85. The lowest BCUT2D eigenvalue weighted by atomic mass is 9.82. The number of hydrogen-bond acceptors (Lipinski definition) is 3. The molecule has 1 heterocycles. The van der Waals surface area contributed by atoms with Crippen molar-refractivity contribution in [3.8, 4) is 0 Å². The number of carbonyl (C=O) groups is 2. The Hall–Kier alpha value is -1.78. The smallest absolute Gasteiger partial charge is 0.339 e. The predicted molar refractivity (Wildman–Crippen MR) is 64.7 cm³/mol. The molecular weight excluding hydrogens is 234 g/mol. The van der Waals surface area contributed by atoms with E-state index < -0.39 is 5.97 Å². The van der Waals surface area contributed by atoms with E-state index in [9.17, 15) is 9.59 Å². The summed E-state index contributed by atoms with van der Waals surface area (Å²) >= 11 is 0. The molecule has 1 aromatic rings. The van der Waals surface area contributed by atoms with E-state index >= 15 is 0 Å². The average molecular weight is 251 g/mol. The molecule has 0 aromatic carbocycles. The number of amides is 1. The highest BCUT2D eigenvalue weighted by Crippen LogP contribution is 2.26. The van der Waals surface area contributed by atoms with Crippen LogP contribution in [0, 0.1) is 5.92 Å². The van der Waals surface area contributed by atoms with Crippen molar-refractivity contribution in [3.63, 3.8) is 0 Å². The first-order valence-electron chi connectivity index (χ1n) is 6.18. The number of carboxylic acid groups (broad SMARTS) is 1. The quantitative estimate of drug-likeness (QED) is 0.858. The maximum absolute atomic E-state index is 11.9. The third-order valence-corrected chi connectivity index (χ3v) is 3.29. The van der Waals surface area contributed by atoms with E-state index in [4.69, 9.17) is 9.52 Å². The Morgan fingerprint density at radius 1 is 1.50 bits per heavy atom. The number of carboxylic acids is 1. The molecule has 1 aliphatic carbocycles. The Labute approximate surface area is 105 Å². The van der Waals surface area contributed by atoms with Crippen LogP contribution in [-0.4, -0.2) is 23.0 Å². The minimum Gasteiger partial charge on any atom is -0.478 e. The Balaban J connectivity index is 2.08. The standard InChI is InChI=1S/C13H17NO4/c1-3-10-9(13(16)17)6-11(18-10)12(15)14-8-4-7(2)5-8/h6-8H,3-5H2,1-2H3,(H,14,15)(H,16,17). The van der Waals surface area contributed by atoms with Crippen LogP contribution in [-0.2, 0) is 6.42 Å².